The normalized spacial score (nSPS) is 14.9. The van der Waals surface area contributed by atoms with Gasteiger partial charge in [0.05, 0.1) is 9.37 Å². The van der Waals surface area contributed by atoms with Crippen LogP contribution in [0.4, 0.5) is 10.1 Å². The third kappa shape index (κ3) is 4.85. The first-order valence-corrected chi connectivity index (χ1v) is 10.6. The number of hydrogen-bond acceptors (Lipinski definition) is 4. The van der Waals surface area contributed by atoms with Gasteiger partial charge in [-0.3, -0.25) is 4.79 Å². The van der Waals surface area contributed by atoms with E-state index in [0.717, 1.165) is 12.8 Å². The smallest absolute Gasteiger partial charge is 0.262 e. The molecule has 0 unspecified atom stereocenters. The van der Waals surface area contributed by atoms with Gasteiger partial charge in [0, 0.05) is 18.8 Å². The van der Waals surface area contributed by atoms with Crippen LogP contribution in [0.3, 0.4) is 0 Å². The maximum absolute atomic E-state index is 13.1. The molecule has 3 rings (SSSR count). The van der Waals surface area contributed by atoms with Crippen molar-refractivity contribution < 1.29 is 22.3 Å². The zero-order chi connectivity index (χ0) is 19.4. The quantitative estimate of drug-likeness (QED) is 0.722. The maximum Gasteiger partial charge on any atom is 0.262 e. The molecule has 2 aromatic rings. The Labute approximate surface area is 165 Å². The largest absolute Gasteiger partial charge is 0.483 e. The van der Waals surface area contributed by atoms with Crippen molar-refractivity contribution in [1.29, 1.82) is 0 Å². The van der Waals surface area contributed by atoms with E-state index in [9.17, 15) is 17.6 Å². The Morgan fingerprint density at radius 3 is 2.63 bits per heavy atom. The number of halogens is 2. The third-order valence-corrected chi connectivity index (χ3v) is 6.59. The zero-order valence-electron chi connectivity index (χ0n) is 14.3. The van der Waals surface area contributed by atoms with Crippen LogP contribution in [0.25, 0.3) is 0 Å². The van der Waals surface area contributed by atoms with Crippen LogP contribution in [0, 0.1) is 5.82 Å². The summed E-state index contributed by atoms with van der Waals surface area (Å²) in [7, 11) is -3.55. The van der Waals surface area contributed by atoms with Gasteiger partial charge in [-0.1, -0.05) is 6.07 Å². The lowest BCUT2D eigenvalue weighted by molar-refractivity contribution is -0.118. The van der Waals surface area contributed by atoms with Crippen molar-refractivity contribution in [3.63, 3.8) is 0 Å². The van der Waals surface area contributed by atoms with E-state index in [1.807, 2.05) is 0 Å². The van der Waals surface area contributed by atoms with Crippen molar-refractivity contribution in [3.8, 4) is 5.75 Å². The van der Waals surface area contributed by atoms with E-state index >= 15 is 0 Å². The summed E-state index contributed by atoms with van der Waals surface area (Å²) in [4.78, 5) is 12.2. The summed E-state index contributed by atoms with van der Waals surface area (Å²) in [6.07, 6.45) is 1.71. The number of carbonyl (C=O) groups is 1. The highest BCUT2D eigenvalue weighted by atomic mass is 79.9. The van der Waals surface area contributed by atoms with Crippen molar-refractivity contribution in [2.24, 2.45) is 0 Å². The molecule has 0 atom stereocenters. The summed E-state index contributed by atoms with van der Waals surface area (Å²) in [5, 5.41) is 2.61. The first-order chi connectivity index (χ1) is 12.9. The van der Waals surface area contributed by atoms with Crippen LogP contribution < -0.4 is 10.1 Å². The van der Waals surface area contributed by atoms with Gasteiger partial charge in [-0.05, 0) is 65.2 Å². The molecule has 0 aromatic heterocycles. The van der Waals surface area contributed by atoms with Gasteiger partial charge in [-0.2, -0.15) is 4.31 Å². The predicted molar refractivity (Wildman–Crippen MR) is 103 cm³/mol. The van der Waals surface area contributed by atoms with E-state index in [0.29, 0.717) is 29.0 Å². The molecule has 9 heteroatoms. The summed E-state index contributed by atoms with van der Waals surface area (Å²) in [5.74, 6) is -0.548. The Balaban J connectivity index is 1.64. The number of nitrogens with one attached hydrogen (secondary N) is 1. The first-order valence-electron chi connectivity index (χ1n) is 8.34. The molecule has 0 bridgehead atoms. The third-order valence-electron chi connectivity index (χ3n) is 4.07. The molecule has 0 aliphatic carbocycles. The van der Waals surface area contributed by atoms with Crippen molar-refractivity contribution in [2.75, 3.05) is 25.0 Å². The Morgan fingerprint density at radius 1 is 1.19 bits per heavy atom. The number of rotatable bonds is 6. The molecule has 2 aromatic carbocycles. The minimum absolute atomic E-state index is 0.143. The molecule has 0 spiro atoms. The van der Waals surface area contributed by atoms with Gasteiger partial charge in [-0.15, -0.1) is 0 Å². The standard InChI is InChI=1S/C18H18BrFN2O4S/c19-16-10-13(20)6-7-17(16)26-12-18(23)21-14-4-3-5-15(11-14)27(24,25)22-8-1-2-9-22/h3-7,10-11H,1-2,8-9,12H2,(H,21,23). The number of benzene rings is 2. The molecule has 1 heterocycles. The Morgan fingerprint density at radius 2 is 1.93 bits per heavy atom. The molecule has 1 saturated heterocycles. The first kappa shape index (κ1) is 19.8. The minimum atomic E-state index is -3.55. The van der Waals surface area contributed by atoms with Crippen LogP contribution in [0.15, 0.2) is 51.8 Å². The van der Waals surface area contributed by atoms with Crippen molar-refractivity contribution >= 4 is 37.5 Å². The van der Waals surface area contributed by atoms with E-state index in [4.69, 9.17) is 4.74 Å². The number of ether oxygens (including phenoxy) is 1. The highest BCUT2D eigenvalue weighted by molar-refractivity contribution is 9.10. The molecule has 0 radical (unpaired) electrons. The molecule has 1 N–H and O–H groups in total. The monoisotopic (exact) mass is 456 g/mol. The van der Waals surface area contributed by atoms with Gasteiger partial charge in [0.15, 0.2) is 6.61 Å². The lowest BCUT2D eigenvalue weighted by Crippen LogP contribution is -2.28. The van der Waals surface area contributed by atoms with Crippen LogP contribution in [0.1, 0.15) is 12.8 Å². The molecular weight excluding hydrogens is 439 g/mol. The van der Waals surface area contributed by atoms with E-state index in [2.05, 4.69) is 21.2 Å². The van der Waals surface area contributed by atoms with Crippen molar-refractivity contribution in [3.05, 3.63) is 52.8 Å². The summed E-state index contributed by atoms with van der Waals surface area (Å²) in [5.41, 5.74) is 0.363. The number of carbonyl (C=O) groups excluding carboxylic acids is 1. The topological polar surface area (TPSA) is 75.7 Å². The summed E-state index contributed by atoms with van der Waals surface area (Å²) in [6, 6.07) is 10.0. The fraction of sp³-hybridized carbons (Fsp3) is 0.278. The summed E-state index contributed by atoms with van der Waals surface area (Å²) < 4.78 is 45.5. The van der Waals surface area contributed by atoms with Gasteiger partial charge >= 0.3 is 0 Å². The van der Waals surface area contributed by atoms with E-state index < -0.39 is 21.7 Å². The minimum Gasteiger partial charge on any atom is -0.483 e. The summed E-state index contributed by atoms with van der Waals surface area (Å²) in [6.45, 7) is 0.728. The Hall–Kier alpha value is -1.97. The number of hydrogen-bond donors (Lipinski definition) is 1. The molecule has 144 valence electrons. The van der Waals surface area contributed by atoms with Crippen LogP contribution >= 0.6 is 15.9 Å². The lowest BCUT2D eigenvalue weighted by atomic mass is 10.3. The molecule has 0 saturated carbocycles. The van der Waals surface area contributed by atoms with Crippen LogP contribution in [-0.2, 0) is 14.8 Å². The van der Waals surface area contributed by atoms with Gasteiger partial charge < -0.3 is 10.1 Å². The number of amides is 1. The summed E-state index contributed by atoms with van der Waals surface area (Å²) >= 11 is 3.16. The highest BCUT2D eigenvalue weighted by Gasteiger charge is 2.27. The molecule has 1 fully saturated rings. The molecule has 1 amide bonds. The van der Waals surface area contributed by atoms with Gasteiger partial charge in [0.2, 0.25) is 10.0 Å². The number of nitrogens with zero attached hydrogens (tertiary/aromatic N) is 1. The van der Waals surface area contributed by atoms with Crippen LogP contribution in [0.2, 0.25) is 0 Å². The zero-order valence-corrected chi connectivity index (χ0v) is 16.7. The van der Waals surface area contributed by atoms with Gasteiger partial charge in [-0.25, -0.2) is 12.8 Å². The SMILES string of the molecule is O=C(COc1ccc(F)cc1Br)Nc1cccc(S(=O)(=O)N2CCCC2)c1. The molecule has 1 aliphatic rings. The molecule has 27 heavy (non-hydrogen) atoms. The van der Waals surface area contributed by atoms with Gasteiger partial charge in [0.25, 0.3) is 5.91 Å². The fourth-order valence-corrected chi connectivity index (χ4v) is 4.77. The average molecular weight is 457 g/mol. The molecular formula is C18H18BrFN2O4S. The molecule has 1 aliphatic heterocycles. The molecule has 6 nitrogen and oxygen atoms in total. The van der Waals surface area contributed by atoms with Crippen molar-refractivity contribution in [1.82, 2.24) is 4.31 Å². The average Bonchev–Trinajstić information content (AvgIpc) is 3.17. The maximum atomic E-state index is 13.1. The fourth-order valence-electron chi connectivity index (χ4n) is 2.74. The second-order valence-electron chi connectivity index (χ2n) is 6.05. The van der Waals surface area contributed by atoms with E-state index in [1.165, 1.54) is 34.6 Å². The van der Waals surface area contributed by atoms with Crippen LogP contribution in [0.5, 0.6) is 5.75 Å². The van der Waals surface area contributed by atoms with E-state index in [-0.39, 0.29) is 11.5 Å². The predicted octanol–water partition coefficient (Wildman–Crippen LogP) is 3.39. The highest BCUT2D eigenvalue weighted by Crippen LogP contribution is 2.26. The van der Waals surface area contributed by atoms with Crippen LogP contribution in [-0.4, -0.2) is 38.3 Å². The number of anilines is 1. The lowest BCUT2D eigenvalue weighted by Gasteiger charge is -2.16. The Kier molecular flexibility index (Phi) is 6.13. The van der Waals surface area contributed by atoms with E-state index in [1.54, 1.807) is 12.1 Å². The Bertz CT molecular complexity index is 946. The second kappa shape index (κ2) is 8.37. The second-order valence-corrected chi connectivity index (χ2v) is 8.84. The number of sulfonamides is 1. The van der Waals surface area contributed by atoms with Crippen molar-refractivity contribution in [2.45, 2.75) is 17.7 Å². The van der Waals surface area contributed by atoms with Gasteiger partial charge in [0.1, 0.15) is 11.6 Å².